The number of amides is 1. The molecule has 100 valence electrons. The summed E-state index contributed by atoms with van der Waals surface area (Å²) in [5.74, 6) is -5.22. The van der Waals surface area contributed by atoms with Crippen molar-refractivity contribution in [3.8, 4) is 5.75 Å². The van der Waals surface area contributed by atoms with E-state index < -0.39 is 24.8 Å². The van der Waals surface area contributed by atoms with Gasteiger partial charge >= 0.3 is 12.3 Å². The molecule has 7 heteroatoms. The fourth-order valence-corrected chi connectivity index (χ4v) is 1.17. The molecule has 0 fully saturated rings. The third-order valence-corrected chi connectivity index (χ3v) is 2.26. The van der Waals surface area contributed by atoms with E-state index in [9.17, 15) is 27.5 Å². The molecule has 1 amide bonds. The number of phenolic OH excluding ortho intramolecular Hbond substituents is 1. The van der Waals surface area contributed by atoms with Gasteiger partial charge < -0.3 is 10.4 Å². The van der Waals surface area contributed by atoms with Crippen LogP contribution in [0, 0.1) is 6.92 Å². The predicted octanol–water partition coefficient (Wildman–Crippen LogP) is 2.33. The van der Waals surface area contributed by atoms with E-state index in [4.69, 9.17) is 0 Å². The van der Waals surface area contributed by atoms with E-state index in [0.717, 1.165) is 0 Å². The van der Waals surface area contributed by atoms with Gasteiger partial charge in [0, 0.05) is 5.56 Å². The first kappa shape index (κ1) is 14.3. The molecule has 0 unspecified atom stereocenters. The highest BCUT2D eigenvalue weighted by molar-refractivity contribution is 5.94. The quantitative estimate of drug-likeness (QED) is 0.821. The van der Waals surface area contributed by atoms with Crippen LogP contribution in [-0.2, 0) is 0 Å². The maximum Gasteiger partial charge on any atom is 0.324 e. The SMILES string of the molecule is Cc1cc(C(=O)NCC(F)(F)C(F)F)ccc1O. The Labute approximate surface area is 100 Å². The van der Waals surface area contributed by atoms with Gasteiger partial charge in [-0.3, -0.25) is 4.79 Å². The number of aromatic hydroxyl groups is 1. The van der Waals surface area contributed by atoms with E-state index in [2.05, 4.69) is 0 Å². The lowest BCUT2D eigenvalue weighted by Gasteiger charge is -2.15. The fraction of sp³-hybridized carbons (Fsp3) is 0.364. The van der Waals surface area contributed by atoms with Gasteiger partial charge in [0.25, 0.3) is 5.91 Å². The first-order valence-electron chi connectivity index (χ1n) is 4.98. The summed E-state index contributed by atoms with van der Waals surface area (Å²) >= 11 is 0. The maximum absolute atomic E-state index is 12.6. The number of alkyl halides is 4. The minimum atomic E-state index is -4.26. The van der Waals surface area contributed by atoms with Gasteiger partial charge in [0.1, 0.15) is 5.75 Å². The van der Waals surface area contributed by atoms with Crippen molar-refractivity contribution in [3.05, 3.63) is 29.3 Å². The molecule has 1 aromatic carbocycles. The van der Waals surface area contributed by atoms with E-state index in [1.54, 1.807) is 5.32 Å². The van der Waals surface area contributed by atoms with Gasteiger partial charge in [-0.05, 0) is 30.7 Å². The Morgan fingerprint density at radius 3 is 2.56 bits per heavy atom. The lowest BCUT2D eigenvalue weighted by molar-refractivity contribution is -0.123. The molecule has 0 radical (unpaired) electrons. The number of benzene rings is 1. The summed E-state index contributed by atoms with van der Waals surface area (Å²) in [4.78, 5) is 11.4. The fourth-order valence-electron chi connectivity index (χ4n) is 1.17. The highest BCUT2D eigenvalue weighted by Gasteiger charge is 2.40. The van der Waals surface area contributed by atoms with Crippen LogP contribution in [0.4, 0.5) is 17.6 Å². The second-order valence-corrected chi connectivity index (χ2v) is 3.75. The predicted molar refractivity (Wildman–Crippen MR) is 56.1 cm³/mol. The highest BCUT2D eigenvalue weighted by atomic mass is 19.3. The smallest absolute Gasteiger partial charge is 0.324 e. The van der Waals surface area contributed by atoms with E-state index >= 15 is 0 Å². The Hall–Kier alpha value is -1.79. The van der Waals surface area contributed by atoms with Gasteiger partial charge in [0.15, 0.2) is 0 Å². The average Bonchev–Trinajstić information content (AvgIpc) is 2.29. The van der Waals surface area contributed by atoms with Crippen molar-refractivity contribution in [2.24, 2.45) is 0 Å². The molecule has 0 saturated heterocycles. The van der Waals surface area contributed by atoms with Crippen LogP contribution < -0.4 is 5.32 Å². The van der Waals surface area contributed by atoms with Crippen molar-refractivity contribution >= 4 is 5.91 Å². The molecule has 3 nitrogen and oxygen atoms in total. The van der Waals surface area contributed by atoms with Gasteiger partial charge in [0.2, 0.25) is 0 Å². The number of phenols is 1. The van der Waals surface area contributed by atoms with E-state index in [0.29, 0.717) is 5.56 Å². The van der Waals surface area contributed by atoms with Crippen molar-refractivity contribution in [3.63, 3.8) is 0 Å². The van der Waals surface area contributed by atoms with Crippen LogP contribution in [-0.4, -0.2) is 29.9 Å². The maximum atomic E-state index is 12.6. The molecule has 0 aliphatic rings. The van der Waals surface area contributed by atoms with Crippen molar-refractivity contribution < 1.29 is 27.5 Å². The Balaban J connectivity index is 2.69. The number of aryl methyl sites for hydroxylation is 1. The third-order valence-electron chi connectivity index (χ3n) is 2.26. The van der Waals surface area contributed by atoms with Crippen LogP contribution in [0.2, 0.25) is 0 Å². The summed E-state index contributed by atoms with van der Waals surface area (Å²) in [6, 6.07) is 3.69. The van der Waals surface area contributed by atoms with Crippen LogP contribution >= 0.6 is 0 Å². The second-order valence-electron chi connectivity index (χ2n) is 3.75. The molecule has 0 aliphatic carbocycles. The van der Waals surface area contributed by atoms with E-state index in [1.807, 2.05) is 0 Å². The van der Waals surface area contributed by atoms with Crippen LogP contribution in [0.5, 0.6) is 5.75 Å². The normalized spacial score (nSPS) is 11.7. The zero-order chi connectivity index (χ0) is 13.9. The van der Waals surface area contributed by atoms with Crippen molar-refractivity contribution in [2.75, 3.05) is 6.54 Å². The van der Waals surface area contributed by atoms with Crippen molar-refractivity contribution in [1.82, 2.24) is 5.32 Å². The summed E-state index contributed by atoms with van der Waals surface area (Å²) < 4.78 is 48.8. The largest absolute Gasteiger partial charge is 0.508 e. The third kappa shape index (κ3) is 3.35. The summed E-state index contributed by atoms with van der Waals surface area (Å²) in [6.45, 7) is 0.0727. The summed E-state index contributed by atoms with van der Waals surface area (Å²) in [5, 5.41) is 10.9. The Kier molecular flexibility index (Phi) is 4.15. The number of carbonyl (C=O) groups is 1. The van der Waals surface area contributed by atoms with E-state index in [1.165, 1.54) is 25.1 Å². The van der Waals surface area contributed by atoms with Gasteiger partial charge in [-0.1, -0.05) is 0 Å². The molecule has 0 heterocycles. The molecule has 2 N–H and O–H groups in total. The van der Waals surface area contributed by atoms with Gasteiger partial charge in [-0.25, -0.2) is 8.78 Å². The van der Waals surface area contributed by atoms with Gasteiger partial charge in [-0.2, -0.15) is 8.78 Å². The van der Waals surface area contributed by atoms with E-state index in [-0.39, 0.29) is 11.3 Å². The highest BCUT2D eigenvalue weighted by Crippen LogP contribution is 2.22. The zero-order valence-electron chi connectivity index (χ0n) is 9.38. The molecular weight excluding hydrogens is 254 g/mol. The molecule has 1 aromatic rings. The number of halogens is 4. The molecule has 0 spiro atoms. The van der Waals surface area contributed by atoms with Crippen LogP contribution in [0.1, 0.15) is 15.9 Å². The molecule has 1 rings (SSSR count). The lowest BCUT2D eigenvalue weighted by atomic mass is 10.1. The number of rotatable bonds is 4. The summed E-state index contributed by atoms with van der Waals surface area (Å²) in [5.41, 5.74) is 0.388. The van der Waals surface area contributed by atoms with Gasteiger partial charge in [0.05, 0.1) is 6.54 Å². The second kappa shape index (κ2) is 5.24. The monoisotopic (exact) mass is 265 g/mol. The number of carbonyl (C=O) groups excluding carboxylic acids is 1. The average molecular weight is 265 g/mol. The Morgan fingerprint density at radius 1 is 1.44 bits per heavy atom. The summed E-state index contributed by atoms with van der Waals surface area (Å²) in [7, 11) is 0. The van der Waals surface area contributed by atoms with Crippen LogP contribution in [0.25, 0.3) is 0 Å². The van der Waals surface area contributed by atoms with Crippen LogP contribution in [0.3, 0.4) is 0 Å². The molecule has 0 atom stereocenters. The number of nitrogens with one attached hydrogen (secondary N) is 1. The molecule has 18 heavy (non-hydrogen) atoms. The van der Waals surface area contributed by atoms with Crippen molar-refractivity contribution in [1.29, 1.82) is 0 Å². The zero-order valence-corrected chi connectivity index (χ0v) is 9.38. The molecule has 0 saturated carbocycles. The molecular formula is C11H11F4NO2. The lowest BCUT2D eigenvalue weighted by Crippen LogP contribution is -2.41. The minimum Gasteiger partial charge on any atom is -0.508 e. The van der Waals surface area contributed by atoms with Crippen LogP contribution in [0.15, 0.2) is 18.2 Å². The topological polar surface area (TPSA) is 49.3 Å². The molecule has 0 aromatic heterocycles. The first-order chi connectivity index (χ1) is 8.24. The Bertz CT molecular complexity index is 449. The summed E-state index contributed by atoms with van der Waals surface area (Å²) in [6.07, 6.45) is -3.83. The van der Waals surface area contributed by atoms with Gasteiger partial charge in [-0.15, -0.1) is 0 Å². The number of hydrogen-bond donors (Lipinski definition) is 2. The Morgan fingerprint density at radius 2 is 2.06 bits per heavy atom. The number of hydrogen-bond acceptors (Lipinski definition) is 2. The standard InChI is InChI=1S/C11H11F4NO2/c1-6-4-7(2-3-8(6)17)9(18)16-5-11(14,15)10(12)13/h2-4,10,17H,5H2,1H3,(H,16,18). The minimum absolute atomic E-state index is 0.00960. The molecule has 0 aliphatic heterocycles. The first-order valence-corrected chi connectivity index (χ1v) is 4.98. The van der Waals surface area contributed by atoms with Crippen molar-refractivity contribution in [2.45, 2.75) is 19.3 Å². The molecule has 0 bridgehead atoms.